The summed E-state index contributed by atoms with van der Waals surface area (Å²) in [5, 5.41) is 0. The van der Waals surface area contributed by atoms with Gasteiger partial charge in [-0.3, -0.25) is 4.90 Å². The Morgan fingerprint density at radius 3 is 3.12 bits per heavy atom. The number of carbonyl (C=O) groups is 1. The van der Waals surface area contributed by atoms with E-state index in [1.165, 1.54) is 0 Å². The molecule has 0 saturated heterocycles. The summed E-state index contributed by atoms with van der Waals surface area (Å²) in [5.74, 6) is 2.85. The SMILES string of the molecule is C#CCN1C(=O)N=C(N)C12CCCCC2OC. The molecule has 1 fully saturated rings. The molecular weight excluding hydrogens is 218 g/mol. The van der Waals surface area contributed by atoms with Crippen LogP contribution in [0.3, 0.4) is 0 Å². The molecule has 1 aliphatic heterocycles. The Bertz CT molecular complexity index is 399. The van der Waals surface area contributed by atoms with E-state index in [9.17, 15) is 4.79 Å². The van der Waals surface area contributed by atoms with Crippen molar-refractivity contribution in [2.45, 2.75) is 37.3 Å². The first-order valence-electron chi connectivity index (χ1n) is 5.79. The molecule has 5 nitrogen and oxygen atoms in total. The van der Waals surface area contributed by atoms with Gasteiger partial charge in [0.1, 0.15) is 11.4 Å². The average molecular weight is 235 g/mol. The van der Waals surface area contributed by atoms with Gasteiger partial charge in [0, 0.05) is 7.11 Å². The van der Waals surface area contributed by atoms with Crippen molar-refractivity contribution < 1.29 is 9.53 Å². The third kappa shape index (κ3) is 1.60. The van der Waals surface area contributed by atoms with E-state index < -0.39 is 5.54 Å². The van der Waals surface area contributed by atoms with Crippen LogP contribution in [0.15, 0.2) is 4.99 Å². The first-order chi connectivity index (χ1) is 8.16. The van der Waals surface area contributed by atoms with Gasteiger partial charge in [0.2, 0.25) is 0 Å². The van der Waals surface area contributed by atoms with Gasteiger partial charge in [0.25, 0.3) is 0 Å². The van der Waals surface area contributed by atoms with Crippen molar-refractivity contribution in [3.63, 3.8) is 0 Å². The van der Waals surface area contributed by atoms with Crippen LogP contribution in [0, 0.1) is 12.3 Å². The number of nitrogens with zero attached hydrogens (tertiary/aromatic N) is 2. The van der Waals surface area contributed by atoms with Crippen LogP contribution in [-0.4, -0.2) is 42.1 Å². The molecule has 2 N–H and O–H groups in total. The predicted molar refractivity (Wildman–Crippen MR) is 64.6 cm³/mol. The van der Waals surface area contributed by atoms with Gasteiger partial charge in [0.15, 0.2) is 0 Å². The minimum atomic E-state index is -0.615. The second-order valence-corrected chi connectivity index (χ2v) is 4.46. The molecule has 2 atom stereocenters. The molecule has 0 bridgehead atoms. The van der Waals surface area contributed by atoms with Gasteiger partial charge in [-0.2, -0.15) is 4.99 Å². The van der Waals surface area contributed by atoms with Crippen LogP contribution in [0.25, 0.3) is 0 Å². The highest BCUT2D eigenvalue weighted by Gasteiger charge is 2.54. The van der Waals surface area contributed by atoms with E-state index in [0.29, 0.717) is 5.84 Å². The fourth-order valence-corrected chi connectivity index (χ4v) is 2.91. The molecule has 1 spiro atoms. The number of hydrogen-bond donors (Lipinski definition) is 1. The fraction of sp³-hybridized carbons (Fsp3) is 0.667. The van der Waals surface area contributed by atoms with Gasteiger partial charge in [-0.15, -0.1) is 6.42 Å². The Hall–Kier alpha value is -1.54. The smallest absolute Gasteiger partial charge is 0.347 e. The third-order valence-electron chi connectivity index (χ3n) is 3.71. The quantitative estimate of drug-likeness (QED) is 0.718. The molecule has 2 aliphatic rings. The molecule has 92 valence electrons. The highest BCUT2D eigenvalue weighted by Crippen LogP contribution is 2.39. The Balaban J connectivity index is 2.40. The van der Waals surface area contributed by atoms with Gasteiger partial charge >= 0.3 is 6.03 Å². The van der Waals surface area contributed by atoms with E-state index in [1.54, 1.807) is 12.0 Å². The second kappa shape index (κ2) is 4.38. The number of aliphatic imine (C=N–C) groups is 1. The van der Waals surface area contributed by atoms with Gasteiger partial charge in [-0.05, 0) is 12.8 Å². The summed E-state index contributed by atoms with van der Waals surface area (Å²) in [6.45, 7) is 0.225. The van der Waals surface area contributed by atoms with Crippen LogP contribution in [0.4, 0.5) is 4.79 Å². The lowest BCUT2D eigenvalue weighted by Crippen LogP contribution is -2.63. The maximum Gasteiger partial charge on any atom is 0.347 e. The number of methoxy groups -OCH3 is 1. The largest absolute Gasteiger partial charge is 0.385 e. The number of amidine groups is 1. The summed E-state index contributed by atoms with van der Waals surface area (Å²) in [7, 11) is 1.64. The Morgan fingerprint density at radius 2 is 2.47 bits per heavy atom. The first kappa shape index (κ1) is 11.9. The Labute approximate surface area is 101 Å². The number of amides is 2. The van der Waals surface area contributed by atoms with Crippen molar-refractivity contribution in [2.24, 2.45) is 10.7 Å². The standard InChI is InChI=1S/C12H17N3O2/c1-3-8-15-11(16)14-10(13)12(15)7-5-4-6-9(12)17-2/h1,9H,4-8H2,2H3,(H2,13,14,16). The second-order valence-electron chi connectivity index (χ2n) is 4.46. The molecule has 1 aliphatic carbocycles. The fourth-order valence-electron chi connectivity index (χ4n) is 2.91. The number of ether oxygens (including phenoxy) is 1. The van der Waals surface area contributed by atoms with Crippen molar-refractivity contribution in [2.75, 3.05) is 13.7 Å². The van der Waals surface area contributed by atoms with E-state index in [1.807, 2.05) is 0 Å². The molecule has 0 aromatic heterocycles. The lowest BCUT2D eigenvalue weighted by molar-refractivity contribution is -0.0169. The van der Waals surface area contributed by atoms with Crippen LogP contribution >= 0.6 is 0 Å². The first-order valence-corrected chi connectivity index (χ1v) is 5.79. The van der Waals surface area contributed by atoms with Gasteiger partial charge in [0.05, 0.1) is 12.6 Å². The van der Waals surface area contributed by atoms with Crippen LogP contribution in [0.1, 0.15) is 25.7 Å². The number of terminal acetylenes is 1. The number of urea groups is 1. The van der Waals surface area contributed by atoms with Crippen LogP contribution in [0.5, 0.6) is 0 Å². The number of carbonyl (C=O) groups excluding carboxylic acids is 1. The molecule has 1 saturated carbocycles. The van der Waals surface area contributed by atoms with E-state index in [2.05, 4.69) is 10.9 Å². The molecule has 2 amide bonds. The van der Waals surface area contributed by atoms with Crippen molar-refractivity contribution in [3.05, 3.63) is 0 Å². The van der Waals surface area contributed by atoms with Crippen molar-refractivity contribution in [3.8, 4) is 12.3 Å². The minimum absolute atomic E-state index is 0.111. The van der Waals surface area contributed by atoms with Crippen LogP contribution in [0.2, 0.25) is 0 Å². The molecule has 17 heavy (non-hydrogen) atoms. The van der Waals surface area contributed by atoms with E-state index in [4.69, 9.17) is 16.9 Å². The average Bonchev–Trinajstić information content (AvgIpc) is 2.55. The Kier molecular flexibility index (Phi) is 3.07. The monoisotopic (exact) mass is 235 g/mol. The molecule has 2 rings (SSSR count). The van der Waals surface area contributed by atoms with E-state index in [-0.39, 0.29) is 18.7 Å². The predicted octanol–water partition coefficient (Wildman–Crippen LogP) is 0.740. The zero-order valence-electron chi connectivity index (χ0n) is 9.98. The summed E-state index contributed by atoms with van der Waals surface area (Å²) in [6, 6.07) is -0.343. The summed E-state index contributed by atoms with van der Waals surface area (Å²) in [6.07, 6.45) is 8.93. The molecule has 0 aromatic rings. The maximum absolute atomic E-state index is 11.8. The molecule has 1 heterocycles. The number of nitrogens with two attached hydrogens (primary N) is 1. The normalized spacial score (nSPS) is 32.7. The van der Waals surface area contributed by atoms with Crippen LogP contribution in [-0.2, 0) is 4.74 Å². The molecule has 5 heteroatoms. The maximum atomic E-state index is 11.8. The van der Waals surface area contributed by atoms with Crippen molar-refractivity contribution in [1.82, 2.24) is 4.90 Å². The minimum Gasteiger partial charge on any atom is -0.385 e. The summed E-state index contributed by atoms with van der Waals surface area (Å²) < 4.78 is 5.50. The summed E-state index contributed by atoms with van der Waals surface area (Å²) in [4.78, 5) is 17.3. The zero-order valence-corrected chi connectivity index (χ0v) is 9.98. The van der Waals surface area contributed by atoms with Crippen LogP contribution < -0.4 is 5.73 Å². The zero-order chi connectivity index (χ0) is 12.5. The molecular formula is C12H17N3O2. The third-order valence-corrected chi connectivity index (χ3v) is 3.71. The van der Waals surface area contributed by atoms with E-state index >= 15 is 0 Å². The molecule has 2 unspecified atom stereocenters. The molecule has 0 aromatic carbocycles. The topological polar surface area (TPSA) is 67.9 Å². The van der Waals surface area contributed by atoms with Crippen molar-refractivity contribution in [1.29, 1.82) is 0 Å². The van der Waals surface area contributed by atoms with Gasteiger partial charge < -0.3 is 10.5 Å². The lowest BCUT2D eigenvalue weighted by Gasteiger charge is -2.45. The van der Waals surface area contributed by atoms with Crippen molar-refractivity contribution >= 4 is 11.9 Å². The van der Waals surface area contributed by atoms with Gasteiger partial charge in [-0.25, -0.2) is 4.79 Å². The molecule has 0 radical (unpaired) electrons. The summed E-state index contributed by atoms with van der Waals surface area (Å²) in [5.41, 5.74) is 5.35. The highest BCUT2D eigenvalue weighted by atomic mass is 16.5. The number of rotatable bonds is 2. The van der Waals surface area contributed by atoms with E-state index in [0.717, 1.165) is 25.7 Å². The Morgan fingerprint density at radius 1 is 1.71 bits per heavy atom. The number of hydrogen-bond acceptors (Lipinski definition) is 3. The highest BCUT2D eigenvalue weighted by molar-refractivity contribution is 6.06. The summed E-state index contributed by atoms with van der Waals surface area (Å²) >= 11 is 0. The lowest BCUT2D eigenvalue weighted by atomic mass is 9.77. The van der Waals surface area contributed by atoms with Gasteiger partial charge in [-0.1, -0.05) is 18.8 Å².